The number of H-pyrrole nitrogens is 1. The van der Waals surface area contributed by atoms with Gasteiger partial charge in [-0.3, -0.25) is 5.10 Å². The van der Waals surface area contributed by atoms with Gasteiger partial charge in [0.15, 0.2) is 5.65 Å². The van der Waals surface area contributed by atoms with Gasteiger partial charge in [-0.2, -0.15) is 15.1 Å². The topological polar surface area (TPSA) is 90.0 Å². The maximum atomic E-state index is 9.72. The van der Waals surface area contributed by atoms with Crippen LogP contribution in [-0.4, -0.2) is 51.0 Å². The Bertz CT molecular complexity index is 598. The summed E-state index contributed by atoms with van der Waals surface area (Å²) in [6, 6.07) is 0.120. The average Bonchev–Trinajstić information content (AvgIpc) is 2.83. The van der Waals surface area contributed by atoms with Gasteiger partial charge in [0.25, 0.3) is 0 Å². The molecule has 0 bridgehead atoms. The highest BCUT2D eigenvalue weighted by Crippen LogP contribution is 2.29. The number of nitrogens with zero attached hydrogens (tertiary/aromatic N) is 4. The molecule has 114 valence electrons. The number of rotatable bonds is 4. The van der Waals surface area contributed by atoms with Crippen LogP contribution in [0.5, 0.6) is 0 Å². The first-order chi connectivity index (χ1) is 10.3. The van der Waals surface area contributed by atoms with Crippen LogP contribution in [0.15, 0.2) is 6.20 Å². The smallest absolute Gasteiger partial charge is 0.226 e. The summed E-state index contributed by atoms with van der Waals surface area (Å²) in [6.45, 7) is 3.85. The molecule has 0 spiro atoms. The van der Waals surface area contributed by atoms with Gasteiger partial charge < -0.3 is 15.3 Å². The molecule has 0 aromatic carbocycles. The molecule has 0 radical (unpaired) electrons. The van der Waals surface area contributed by atoms with E-state index in [1.807, 2.05) is 6.92 Å². The van der Waals surface area contributed by atoms with E-state index in [9.17, 15) is 5.11 Å². The lowest BCUT2D eigenvalue weighted by molar-refractivity contribution is 0.255. The molecule has 0 saturated carbocycles. The number of aliphatic hydroxyl groups excluding tert-OH is 1. The second-order valence-electron chi connectivity index (χ2n) is 5.41. The predicted octanol–water partition coefficient (Wildman–Crippen LogP) is 1.53. The van der Waals surface area contributed by atoms with E-state index in [2.05, 4.69) is 30.4 Å². The first-order valence-electron chi connectivity index (χ1n) is 7.66. The van der Waals surface area contributed by atoms with Crippen molar-refractivity contribution in [2.24, 2.45) is 0 Å². The SMILES string of the molecule is CCNc1nc(N2CCCCCC2CO)c2cn[nH]c2n1. The number of aromatic nitrogens is 4. The van der Waals surface area contributed by atoms with E-state index < -0.39 is 0 Å². The van der Waals surface area contributed by atoms with Gasteiger partial charge in [-0.15, -0.1) is 0 Å². The number of nitrogens with one attached hydrogen (secondary N) is 2. The maximum Gasteiger partial charge on any atom is 0.226 e. The number of aromatic amines is 1. The van der Waals surface area contributed by atoms with Crippen LogP contribution < -0.4 is 10.2 Å². The molecule has 3 rings (SSSR count). The zero-order valence-corrected chi connectivity index (χ0v) is 12.3. The number of hydrogen-bond donors (Lipinski definition) is 3. The molecule has 1 atom stereocenters. The van der Waals surface area contributed by atoms with E-state index in [0.29, 0.717) is 5.95 Å². The molecule has 21 heavy (non-hydrogen) atoms. The average molecular weight is 290 g/mol. The molecule has 3 N–H and O–H groups in total. The van der Waals surface area contributed by atoms with Crippen LogP contribution in [0, 0.1) is 0 Å². The zero-order valence-electron chi connectivity index (χ0n) is 12.3. The summed E-state index contributed by atoms with van der Waals surface area (Å²) in [5.74, 6) is 1.47. The van der Waals surface area contributed by atoms with Crippen LogP contribution in [0.1, 0.15) is 32.6 Å². The lowest BCUT2D eigenvalue weighted by Crippen LogP contribution is -2.38. The van der Waals surface area contributed by atoms with Crippen molar-refractivity contribution in [1.82, 2.24) is 20.2 Å². The fourth-order valence-corrected chi connectivity index (χ4v) is 2.92. The third-order valence-corrected chi connectivity index (χ3v) is 3.98. The molecule has 2 aromatic heterocycles. The van der Waals surface area contributed by atoms with Gasteiger partial charge >= 0.3 is 0 Å². The van der Waals surface area contributed by atoms with E-state index in [1.54, 1.807) is 6.20 Å². The predicted molar refractivity (Wildman–Crippen MR) is 82.5 cm³/mol. The first kappa shape index (κ1) is 14.1. The standard InChI is InChI=1S/C14H22N6O/c1-2-15-14-17-12-11(8-16-19-12)13(18-14)20-7-5-3-4-6-10(20)9-21/h8,10,21H,2-7,9H2,1H3,(H2,15,16,17,18,19). The Labute approximate surface area is 123 Å². The third-order valence-electron chi connectivity index (χ3n) is 3.98. The summed E-state index contributed by atoms with van der Waals surface area (Å²) < 4.78 is 0. The normalized spacial score (nSPS) is 19.7. The minimum atomic E-state index is 0.120. The Hall–Kier alpha value is -1.89. The molecular formula is C14H22N6O. The van der Waals surface area contributed by atoms with Crippen molar-refractivity contribution in [3.05, 3.63) is 6.20 Å². The summed E-state index contributed by atoms with van der Waals surface area (Å²) in [4.78, 5) is 11.3. The molecule has 2 aromatic rings. The van der Waals surface area contributed by atoms with Crippen molar-refractivity contribution in [2.45, 2.75) is 38.6 Å². The van der Waals surface area contributed by atoms with E-state index in [1.165, 1.54) is 6.42 Å². The minimum absolute atomic E-state index is 0.120. The van der Waals surface area contributed by atoms with E-state index in [4.69, 9.17) is 0 Å². The van der Waals surface area contributed by atoms with Gasteiger partial charge in [-0.05, 0) is 19.8 Å². The third kappa shape index (κ3) is 2.78. The molecule has 3 heterocycles. The Kier molecular flexibility index (Phi) is 4.19. The molecule has 1 fully saturated rings. The van der Waals surface area contributed by atoms with Crippen LogP contribution in [-0.2, 0) is 0 Å². The monoisotopic (exact) mass is 290 g/mol. The fourth-order valence-electron chi connectivity index (χ4n) is 2.92. The fraction of sp³-hybridized carbons (Fsp3) is 0.643. The highest BCUT2D eigenvalue weighted by Gasteiger charge is 2.24. The molecule has 0 aliphatic carbocycles. The molecule has 7 nitrogen and oxygen atoms in total. The molecular weight excluding hydrogens is 268 g/mol. The minimum Gasteiger partial charge on any atom is -0.394 e. The summed E-state index contributed by atoms with van der Waals surface area (Å²) in [5.41, 5.74) is 0.733. The van der Waals surface area contributed by atoms with Gasteiger partial charge in [0.2, 0.25) is 5.95 Å². The van der Waals surface area contributed by atoms with E-state index in [-0.39, 0.29) is 12.6 Å². The lowest BCUT2D eigenvalue weighted by Gasteiger charge is -2.30. The Morgan fingerprint density at radius 1 is 1.38 bits per heavy atom. The highest BCUT2D eigenvalue weighted by molar-refractivity contribution is 5.87. The van der Waals surface area contributed by atoms with Crippen molar-refractivity contribution in [2.75, 3.05) is 29.9 Å². The van der Waals surface area contributed by atoms with Gasteiger partial charge in [-0.25, -0.2) is 0 Å². The number of aliphatic hydroxyl groups is 1. The zero-order chi connectivity index (χ0) is 14.7. The van der Waals surface area contributed by atoms with Crippen LogP contribution in [0.25, 0.3) is 11.0 Å². The second-order valence-corrected chi connectivity index (χ2v) is 5.41. The van der Waals surface area contributed by atoms with Gasteiger partial charge in [0.05, 0.1) is 24.2 Å². The lowest BCUT2D eigenvalue weighted by atomic mass is 10.1. The highest BCUT2D eigenvalue weighted by atomic mass is 16.3. The number of anilines is 2. The quantitative estimate of drug-likeness (QED) is 0.791. The molecule has 7 heteroatoms. The van der Waals surface area contributed by atoms with Crippen LogP contribution >= 0.6 is 0 Å². The molecule has 1 saturated heterocycles. The maximum absolute atomic E-state index is 9.72. The summed E-state index contributed by atoms with van der Waals surface area (Å²) >= 11 is 0. The van der Waals surface area contributed by atoms with Crippen LogP contribution in [0.4, 0.5) is 11.8 Å². The first-order valence-corrected chi connectivity index (χ1v) is 7.66. The molecule has 1 unspecified atom stereocenters. The summed E-state index contributed by atoms with van der Waals surface area (Å²) in [7, 11) is 0. The van der Waals surface area contributed by atoms with Crippen molar-refractivity contribution in [1.29, 1.82) is 0 Å². The van der Waals surface area contributed by atoms with Gasteiger partial charge in [-0.1, -0.05) is 12.8 Å². The van der Waals surface area contributed by atoms with Crippen molar-refractivity contribution >= 4 is 22.8 Å². The Balaban J connectivity index is 2.05. The Morgan fingerprint density at radius 3 is 3.10 bits per heavy atom. The molecule has 1 aliphatic rings. The Morgan fingerprint density at radius 2 is 2.29 bits per heavy atom. The second kappa shape index (κ2) is 6.26. The van der Waals surface area contributed by atoms with Gasteiger partial charge in [0.1, 0.15) is 5.82 Å². The molecule has 1 aliphatic heterocycles. The largest absolute Gasteiger partial charge is 0.394 e. The van der Waals surface area contributed by atoms with Gasteiger partial charge in [0, 0.05) is 13.1 Å². The number of hydrogen-bond acceptors (Lipinski definition) is 6. The van der Waals surface area contributed by atoms with Crippen molar-refractivity contribution in [3.63, 3.8) is 0 Å². The van der Waals surface area contributed by atoms with Crippen LogP contribution in [0.3, 0.4) is 0 Å². The van der Waals surface area contributed by atoms with Crippen molar-refractivity contribution < 1.29 is 5.11 Å². The summed E-state index contributed by atoms with van der Waals surface area (Å²) in [5, 5.41) is 20.8. The van der Waals surface area contributed by atoms with E-state index in [0.717, 1.165) is 49.2 Å². The van der Waals surface area contributed by atoms with Crippen molar-refractivity contribution in [3.8, 4) is 0 Å². The molecule has 0 amide bonds. The van der Waals surface area contributed by atoms with E-state index >= 15 is 0 Å². The van der Waals surface area contributed by atoms with Crippen LogP contribution in [0.2, 0.25) is 0 Å². The number of fused-ring (bicyclic) bond motifs is 1. The summed E-state index contributed by atoms with van der Waals surface area (Å²) in [6.07, 6.45) is 6.24.